The van der Waals surface area contributed by atoms with Crippen LogP contribution in [0.3, 0.4) is 0 Å². The summed E-state index contributed by atoms with van der Waals surface area (Å²) in [6, 6.07) is 0. The van der Waals surface area contributed by atoms with Crippen molar-refractivity contribution in [3.63, 3.8) is 0 Å². The lowest BCUT2D eigenvalue weighted by molar-refractivity contribution is -0.870. The monoisotopic (exact) mass is 817 g/mol. The van der Waals surface area contributed by atoms with E-state index in [1.54, 1.807) is 34.6 Å². The fourth-order valence-corrected chi connectivity index (χ4v) is 7.49. The van der Waals surface area contributed by atoms with Gasteiger partial charge in [0.1, 0.15) is 38.9 Å². The van der Waals surface area contributed by atoms with E-state index in [2.05, 4.69) is 0 Å². The van der Waals surface area contributed by atoms with Crippen LogP contribution in [0.25, 0.3) is 0 Å². The van der Waals surface area contributed by atoms with Crippen LogP contribution in [0.1, 0.15) is 81.1 Å². The highest BCUT2D eigenvalue weighted by molar-refractivity contribution is 7.51. The Morgan fingerprint density at radius 1 is 0.704 bits per heavy atom. The Bertz CT molecular complexity index is 1300. The number of carbonyl (C=O) groups excluding carboxylic acids is 5. The molecule has 0 saturated heterocycles. The van der Waals surface area contributed by atoms with Crippen LogP contribution in [0, 0.1) is 21.7 Å². The van der Waals surface area contributed by atoms with E-state index in [4.69, 9.17) is 44.5 Å². The largest absolute Gasteiger partial charge is 0.778 e. The van der Waals surface area contributed by atoms with Gasteiger partial charge in [-0.3, -0.25) is 24.0 Å². The van der Waals surface area contributed by atoms with E-state index in [-0.39, 0.29) is 71.7 Å². The average Bonchev–Trinajstić information content (AvgIpc) is 3.04. The van der Waals surface area contributed by atoms with Gasteiger partial charge in [0.25, 0.3) is 0 Å². The summed E-state index contributed by atoms with van der Waals surface area (Å²) in [6.07, 6.45) is -0.193. The van der Waals surface area contributed by atoms with Crippen molar-refractivity contribution in [3.05, 3.63) is 0 Å². The molecule has 316 valence electrons. The van der Waals surface area contributed by atoms with Crippen LogP contribution in [-0.2, 0) is 61.5 Å². The van der Waals surface area contributed by atoms with Gasteiger partial charge in [0.05, 0.1) is 76.3 Å². The number of carbonyl (C=O) groups is 5. The van der Waals surface area contributed by atoms with Crippen molar-refractivity contribution in [2.75, 3.05) is 93.8 Å². The second kappa shape index (κ2) is 21.8. The number of hydrogen-bond acceptors (Lipinski definition) is 15. The first-order valence-electron chi connectivity index (χ1n) is 17.9. The first kappa shape index (κ1) is 51.7. The Kier molecular flexibility index (Phi) is 20.9. The van der Waals surface area contributed by atoms with E-state index in [0.717, 1.165) is 0 Å². The van der Waals surface area contributed by atoms with E-state index in [9.17, 15) is 38.5 Å². The zero-order chi connectivity index (χ0) is 42.2. The second-order valence-electron chi connectivity index (χ2n) is 16.5. The molecular formula is C36H65ClNO15P. The lowest BCUT2D eigenvalue weighted by Crippen LogP contribution is -2.46. The molecule has 0 radical (unpaired) electrons. The van der Waals surface area contributed by atoms with Crippen molar-refractivity contribution in [3.8, 4) is 0 Å². The quantitative estimate of drug-likeness (QED) is 0.0315. The molecule has 54 heavy (non-hydrogen) atoms. The molecule has 0 saturated carbocycles. The minimum atomic E-state index is -4.11. The smallest absolute Gasteiger partial charge is 0.327 e. The lowest BCUT2D eigenvalue weighted by Gasteiger charge is -2.39. The predicted octanol–water partition coefficient (Wildman–Crippen LogP) is 3.26. The third-order valence-electron chi connectivity index (χ3n) is 8.45. The number of aliphatic hydroxyl groups excluding tert-OH is 1. The molecule has 0 heterocycles. The minimum absolute atomic E-state index is 0.0704. The van der Waals surface area contributed by atoms with Crippen molar-refractivity contribution >= 4 is 49.0 Å². The van der Waals surface area contributed by atoms with Crippen LogP contribution in [0.4, 0.5) is 0 Å². The van der Waals surface area contributed by atoms with Gasteiger partial charge < -0.3 is 52.0 Å². The van der Waals surface area contributed by atoms with Crippen molar-refractivity contribution in [1.82, 2.24) is 0 Å². The Morgan fingerprint density at radius 3 is 1.70 bits per heavy atom. The van der Waals surface area contributed by atoms with Gasteiger partial charge in [0.15, 0.2) is 0 Å². The summed E-state index contributed by atoms with van der Waals surface area (Å²) >= 11 is 6.47. The molecule has 0 rings (SSSR count). The molecule has 0 fully saturated rings. The van der Waals surface area contributed by atoms with Crippen molar-refractivity contribution in [2.45, 2.75) is 85.9 Å². The van der Waals surface area contributed by atoms with Gasteiger partial charge in [0, 0.05) is 19.2 Å². The first-order valence-corrected chi connectivity index (χ1v) is 20.0. The summed E-state index contributed by atoms with van der Waals surface area (Å²) in [5.41, 5.74) is -5.32. The maximum absolute atomic E-state index is 13.6. The molecule has 0 bridgehead atoms. The number of halogens is 1. The Balaban J connectivity index is 5.42. The predicted molar refractivity (Wildman–Crippen MR) is 197 cm³/mol. The van der Waals surface area contributed by atoms with Crippen molar-refractivity contribution < 1.29 is 76.0 Å². The normalized spacial score (nSPS) is 16.8. The molecule has 1 N–H and O–H groups in total. The molecule has 0 amide bonds. The van der Waals surface area contributed by atoms with Gasteiger partial charge in [0.2, 0.25) is 0 Å². The fourth-order valence-electron chi connectivity index (χ4n) is 6.09. The second-order valence-corrected chi connectivity index (χ2v) is 19.3. The first-order chi connectivity index (χ1) is 24.5. The summed E-state index contributed by atoms with van der Waals surface area (Å²) in [4.78, 5) is 75.7. The van der Waals surface area contributed by atoms with Gasteiger partial charge in [-0.15, -0.1) is 11.6 Å². The number of methoxy groups -OCH3 is 1. The van der Waals surface area contributed by atoms with Crippen LogP contribution in [0.15, 0.2) is 0 Å². The third-order valence-corrected chi connectivity index (χ3v) is 10.2. The summed E-state index contributed by atoms with van der Waals surface area (Å²) < 4.78 is 49.5. The van der Waals surface area contributed by atoms with Crippen LogP contribution < -0.4 is 4.89 Å². The Hall–Kier alpha value is -2.33. The SMILES string of the molecule is CCOCC(C)(CC(C)(CC(C)(C)C(=O)OC)C(=O)OCCO)C(=O)OCCOC(=O)C(C)(C)CC(C)(Cl)C(=O)OCCOP(=O)([O-])CCC[N+](C)(C)C. The molecule has 4 unspecified atom stereocenters. The van der Waals surface area contributed by atoms with Crippen LogP contribution in [0.2, 0.25) is 0 Å². The highest BCUT2D eigenvalue weighted by Crippen LogP contribution is 2.45. The topological polar surface area (TPSA) is 210 Å². The summed E-state index contributed by atoms with van der Waals surface area (Å²) in [5, 5.41) is 9.24. The molecule has 0 spiro atoms. The van der Waals surface area contributed by atoms with Gasteiger partial charge >= 0.3 is 29.8 Å². The van der Waals surface area contributed by atoms with E-state index in [1.165, 1.54) is 27.9 Å². The molecule has 0 aromatic carbocycles. The van der Waals surface area contributed by atoms with Gasteiger partial charge in [-0.05, 0) is 74.7 Å². The molecule has 0 aliphatic carbocycles. The van der Waals surface area contributed by atoms with E-state index in [1.807, 2.05) is 21.1 Å². The molecule has 0 aromatic heterocycles. The maximum Gasteiger partial charge on any atom is 0.327 e. The number of hydrogen-bond donors (Lipinski definition) is 1. The number of quaternary nitrogens is 1. The summed E-state index contributed by atoms with van der Waals surface area (Å²) in [7, 11) is 2.95. The number of ether oxygens (including phenoxy) is 6. The Morgan fingerprint density at radius 2 is 1.19 bits per heavy atom. The van der Waals surface area contributed by atoms with Gasteiger partial charge in [-0.1, -0.05) is 0 Å². The third kappa shape index (κ3) is 18.5. The van der Waals surface area contributed by atoms with E-state index in [0.29, 0.717) is 17.4 Å². The molecular weight excluding hydrogens is 753 g/mol. The van der Waals surface area contributed by atoms with Crippen LogP contribution in [0.5, 0.6) is 0 Å². The number of aliphatic hydroxyl groups is 1. The van der Waals surface area contributed by atoms with E-state index >= 15 is 0 Å². The maximum atomic E-state index is 13.6. The Labute approximate surface area is 325 Å². The van der Waals surface area contributed by atoms with Crippen LogP contribution >= 0.6 is 19.2 Å². The minimum Gasteiger partial charge on any atom is -0.778 e. The average molecular weight is 818 g/mol. The molecule has 0 aliphatic heterocycles. The van der Waals surface area contributed by atoms with Gasteiger partial charge in [-0.25, -0.2) is 0 Å². The molecule has 16 nitrogen and oxygen atoms in total. The molecule has 4 atom stereocenters. The molecule has 0 aromatic rings. The zero-order valence-corrected chi connectivity index (χ0v) is 36.0. The number of esters is 5. The number of alkyl halides is 1. The van der Waals surface area contributed by atoms with E-state index < -0.39 is 70.6 Å². The lowest BCUT2D eigenvalue weighted by atomic mass is 9.66. The fraction of sp³-hybridized carbons (Fsp3) is 0.861. The zero-order valence-electron chi connectivity index (χ0n) is 34.3. The number of nitrogens with zero attached hydrogens (tertiary/aromatic N) is 1. The van der Waals surface area contributed by atoms with Crippen LogP contribution in [-0.4, -0.2) is 138 Å². The molecule has 18 heteroatoms. The summed E-state index contributed by atoms with van der Waals surface area (Å²) in [6.45, 7) is 10.9. The molecule has 0 aliphatic rings. The standard InChI is InChI=1S/C36H65ClNO15P/c1-13-48-26-35(7,25-34(6,29(42)49-17-16-39)23-32(2,3)27(40)47-12)30(43)51-19-18-50-28(41)33(4,5)24-36(8,37)31(44)52-20-21-53-54(45,46)22-14-15-38(9,10)11/h39H,13-26H2,1-12H3. The van der Waals surface area contributed by atoms with Gasteiger partial charge in [-0.2, -0.15) is 0 Å². The highest BCUT2D eigenvalue weighted by Gasteiger charge is 2.51. The van der Waals surface area contributed by atoms with Crippen molar-refractivity contribution in [2.24, 2.45) is 21.7 Å². The highest BCUT2D eigenvalue weighted by atomic mass is 35.5. The summed E-state index contributed by atoms with van der Waals surface area (Å²) in [5.74, 6) is -3.71. The van der Waals surface area contributed by atoms with Crippen molar-refractivity contribution in [1.29, 1.82) is 0 Å². The number of rotatable bonds is 27.